The topological polar surface area (TPSA) is 89.4 Å². The Bertz CT molecular complexity index is 574. The van der Waals surface area contributed by atoms with Crippen molar-refractivity contribution < 1.29 is 12.9 Å². The highest BCUT2D eigenvalue weighted by molar-refractivity contribution is 7.89. The molecule has 2 rings (SSSR count). The van der Waals surface area contributed by atoms with Crippen molar-refractivity contribution in [1.29, 1.82) is 0 Å². The predicted octanol–water partition coefficient (Wildman–Crippen LogP) is 1.37. The molecule has 1 saturated heterocycles. The van der Waals surface area contributed by atoms with Gasteiger partial charge in [0.15, 0.2) is 0 Å². The summed E-state index contributed by atoms with van der Waals surface area (Å²) in [4.78, 5) is 0.140. The summed E-state index contributed by atoms with van der Waals surface area (Å²) < 4.78 is 31.3. The van der Waals surface area contributed by atoms with E-state index in [0.717, 1.165) is 6.42 Å². The van der Waals surface area contributed by atoms with E-state index < -0.39 is 10.0 Å². The zero-order valence-corrected chi connectivity index (χ0v) is 13.3. The van der Waals surface area contributed by atoms with E-state index in [-0.39, 0.29) is 22.3 Å². The van der Waals surface area contributed by atoms with Crippen LogP contribution < -0.4 is 5.73 Å². The highest BCUT2D eigenvalue weighted by atomic mass is 32.2. The molecule has 2 atom stereocenters. The van der Waals surface area contributed by atoms with E-state index in [2.05, 4.69) is 25.9 Å². The number of hydrogen-bond donors (Lipinski definition) is 1. The van der Waals surface area contributed by atoms with Crippen molar-refractivity contribution in [1.82, 2.24) is 9.46 Å². The minimum atomic E-state index is -3.55. The van der Waals surface area contributed by atoms with E-state index in [1.54, 1.807) is 6.92 Å². The second-order valence-corrected chi connectivity index (χ2v) is 8.68. The zero-order chi connectivity index (χ0) is 15.1. The van der Waals surface area contributed by atoms with Crippen LogP contribution in [0.25, 0.3) is 0 Å². The van der Waals surface area contributed by atoms with Crippen molar-refractivity contribution in [3.05, 3.63) is 12.0 Å². The number of aryl methyl sites for hydroxylation is 1. The van der Waals surface area contributed by atoms with Crippen molar-refractivity contribution >= 4 is 10.0 Å². The average Bonchev–Trinajstić information content (AvgIpc) is 2.85. The minimum Gasteiger partial charge on any atom is -0.363 e. The lowest BCUT2D eigenvalue weighted by atomic mass is 9.83. The maximum Gasteiger partial charge on any atom is 0.248 e. The molecule has 6 nitrogen and oxygen atoms in total. The summed E-state index contributed by atoms with van der Waals surface area (Å²) in [6, 6.07) is -0.121. The highest BCUT2D eigenvalue weighted by Crippen LogP contribution is 2.32. The molecule has 0 aromatic carbocycles. The van der Waals surface area contributed by atoms with Crippen LogP contribution in [0.5, 0.6) is 0 Å². The van der Waals surface area contributed by atoms with Gasteiger partial charge >= 0.3 is 0 Å². The first-order valence-electron chi connectivity index (χ1n) is 6.78. The summed E-state index contributed by atoms with van der Waals surface area (Å²) in [6.07, 6.45) is 2.09. The van der Waals surface area contributed by atoms with Crippen molar-refractivity contribution in [3.8, 4) is 0 Å². The first-order valence-corrected chi connectivity index (χ1v) is 8.22. The van der Waals surface area contributed by atoms with Crippen LogP contribution in [0.3, 0.4) is 0 Å². The Morgan fingerprint density at radius 3 is 2.60 bits per heavy atom. The molecule has 1 aliphatic rings. The Morgan fingerprint density at radius 2 is 2.10 bits per heavy atom. The van der Waals surface area contributed by atoms with E-state index in [1.807, 2.05) is 0 Å². The standard InChI is InChI=1S/C13H23N3O3S/c1-9-12(8-19-15-9)20(17,18)16-6-10(11(14)7-16)5-13(2,3)4/h8,10-11H,5-7,14H2,1-4H3/t10-,11-/m1/s1. The summed E-state index contributed by atoms with van der Waals surface area (Å²) in [5, 5.41) is 3.64. The summed E-state index contributed by atoms with van der Waals surface area (Å²) in [5.41, 5.74) is 6.64. The molecule has 0 spiro atoms. The van der Waals surface area contributed by atoms with E-state index >= 15 is 0 Å². The van der Waals surface area contributed by atoms with Crippen LogP contribution in [-0.4, -0.2) is 37.0 Å². The molecule has 0 saturated carbocycles. The van der Waals surface area contributed by atoms with E-state index in [0.29, 0.717) is 18.8 Å². The van der Waals surface area contributed by atoms with E-state index in [1.165, 1.54) is 10.6 Å². The number of sulfonamides is 1. The van der Waals surface area contributed by atoms with Crippen LogP contribution in [0, 0.1) is 18.3 Å². The maximum atomic E-state index is 12.5. The Labute approximate surface area is 120 Å². The van der Waals surface area contributed by atoms with Gasteiger partial charge in [0.25, 0.3) is 0 Å². The van der Waals surface area contributed by atoms with Gasteiger partial charge in [0.2, 0.25) is 10.0 Å². The fraction of sp³-hybridized carbons (Fsp3) is 0.769. The van der Waals surface area contributed by atoms with Crippen LogP contribution in [0.2, 0.25) is 0 Å². The molecule has 0 aliphatic carbocycles. The average molecular weight is 301 g/mol. The number of aromatic nitrogens is 1. The van der Waals surface area contributed by atoms with Gasteiger partial charge in [0.05, 0.1) is 0 Å². The fourth-order valence-electron chi connectivity index (χ4n) is 2.72. The zero-order valence-electron chi connectivity index (χ0n) is 12.5. The molecule has 0 unspecified atom stereocenters. The van der Waals surface area contributed by atoms with E-state index in [9.17, 15) is 8.42 Å². The number of hydrogen-bond acceptors (Lipinski definition) is 5. The maximum absolute atomic E-state index is 12.5. The number of nitrogens with zero attached hydrogens (tertiary/aromatic N) is 2. The number of rotatable bonds is 3. The Kier molecular flexibility index (Phi) is 3.96. The first kappa shape index (κ1) is 15.5. The minimum absolute atomic E-state index is 0.121. The molecule has 1 fully saturated rings. The van der Waals surface area contributed by atoms with Gasteiger partial charge in [-0.05, 0) is 24.7 Å². The van der Waals surface area contributed by atoms with E-state index in [4.69, 9.17) is 10.3 Å². The Balaban J connectivity index is 2.18. The summed E-state index contributed by atoms with van der Waals surface area (Å²) >= 11 is 0. The first-order chi connectivity index (χ1) is 9.11. The predicted molar refractivity (Wildman–Crippen MR) is 75.5 cm³/mol. The smallest absolute Gasteiger partial charge is 0.248 e. The lowest BCUT2D eigenvalue weighted by Gasteiger charge is -2.24. The van der Waals surface area contributed by atoms with Crippen LogP contribution >= 0.6 is 0 Å². The van der Waals surface area contributed by atoms with Crippen molar-refractivity contribution in [2.24, 2.45) is 17.1 Å². The molecule has 2 heterocycles. The lowest BCUT2D eigenvalue weighted by Crippen LogP contribution is -2.33. The summed E-state index contributed by atoms with van der Waals surface area (Å²) in [7, 11) is -3.55. The Hall–Kier alpha value is -0.920. The third-order valence-corrected chi connectivity index (χ3v) is 5.58. The molecular formula is C13H23N3O3S. The summed E-state index contributed by atoms with van der Waals surface area (Å²) in [5.74, 6) is 0.185. The van der Waals surface area contributed by atoms with Gasteiger partial charge in [-0.25, -0.2) is 8.42 Å². The lowest BCUT2D eigenvalue weighted by molar-refractivity contribution is 0.287. The molecule has 7 heteroatoms. The van der Waals surface area contributed by atoms with Gasteiger partial charge in [0.1, 0.15) is 16.9 Å². The monoisotopic (exact) mass is 301 g/mol. The van der Waals surface area contributed by atoms with Gasteiger partial charge in [-0.3, -0.25) is 0 Å². The van der Waals surface area contributed by atoms with Crippen molar-refractivity contribution in [2.45, 2.75) is 45.1 Å². The highest BCUT2D eigenvalue weighted by Gasteiger charge is 2.40. The van der Waals surface area contributed by atoms with Gasteiger partial charge in [0, 0.05) is 19.1 Å². The largest absolute Gasteiger partial charge is 0.363 e. The molecule has 1 aliphatic heterocycles. The fourth-order valence-corrected chi connectivity index (χ4v) is 4.33. The molecule has 1 aromatic rings. The van der Waals surface area contributed by atoms with Crippen LogP contribution in [0.4, 0.5) is 0 Å². The second kappa shape index (κ2) is 5.13. The van der Waals surface area contributed by atoms with Gasteiger partial charge in [-0.1, -0.05) is 25.9 Å². The molecule has 0 radical (unpaired) electrons. The third-order valence-electron chi connectivity index (χ3n) is 3.66. The second-order valence-electron chi connectivity index (χ2n) is 6.77. The third kappa shape index (κ3) is 3.05. The van der Waals surface area contributed by atoms with Crippen molar-refractivity contribution in [2.75, 3.05) is 13.1 Å². The molecule has 2 N–H and O–H groups in total. The molecule has 1 aromatic heterocycles. The quantitative estimate of drug-likeness (QED) is 0.910. The van der Waals surface area contributed by atoms with Crippen LogP contribution in [-0.2, 0) is 10.0 Å². The molecule has 114 valence electrons. The molecular weight excluding hydrogens is 278 g/mol. The van der Waals surface area contributed by atoms with Crippen LogP contribution in [0.1, 0.15) is 32.9 Å². The summed E-state index contributed by atoms with van der Waals surface area (Å²) in [6.45, 7) is 8.86. The normalized spacial score (nSPS) is 25.2. The van der Waals surface area contributed by atoms with Crippen LogP contribution in [0.15, 0.2) is 15.7 Å². The molecule has 0 amide bonds. The Morgan fingerprint density at radius 1 is 1.45 bits per heavy atom. The molecule has 20 heavy (non-hydrogen) atoms. The SMILES string of the molecule is Cc1nocc1S(=O)(=O)N1C[C@@H](CC(C)(C)C)[C@H](N)C1. The number of nitrogens with two attached hydrogens (primary N) is 1. The van der Waals surface area contributed by atoms with Gasteiger partial charge in [-0.2, -0.15) is 4.31 Å². The van der Waals surface area contributed by atoms with Gasteiger partial charge in [-0.15, -0.1) is 0 Å². The van der Waals surface area contributed by atoms with Crippen molar-refractivity contribution in [3.63, 3.8) is 0 Å². The van der Waals surface area contributed by atoms with Gasteiger partial charge < -0.3 is 10.3 Å². The molecule has 0 bridgehead atoms.